The number of rotatable bonds is 7. The molecule has 5 N–H and O–H groups in total. The fraction of sp³-hybridized carbons (Fsp3) is 0.263. The molecule has 1 aliphatic heterocycles. The molecule has 0 spiro atoms. The highest BCUT2D eigenvalue weighted by molar-refractivity contribution is 5.92. The Labute approximate surface area is 164 Å². The lowest BCUT2D eigenvalue weighted by Gasteiger charge is -2.16. The molecular weight excluding hydrogens is 387 g/mol. The number of nitrogens with one attached hydrogen (secondary N) is 1. The maximum Gasteiger partial charge on any atom is 0.442 e. The van der Waals surface area contributed by atoms with Crippen LogP contribution in [-0.4, -0.2) is 24.0 Å². The van der Waals surface area contributed by atoms with Gasteiger partial charge >= 0.3 is 11.8 Å². The van der Waals surface area contributed by atoms with Crippen molar-refractivity contribution in [1.29, 1.82) is 0 Å². The normalized spacial score (nSPS) is 15.6. The molecule has 1 unspecified atom stereocenters. The molecule has 2 amide bonds. The summed E-state index contributed by atoms with van der Waals surface area (Å²) < 4.78 is 39.0. The number of hydrogen-bond donors (Lipinski definition) is 3. The average Bonchev–Trinajstić information content (AvgIpc) is 3.49. The van der Waals surface area contributed by atoms with Crippen molar-refractivity contribution in [3.05, 3.63) is 70.8 Å². The standard InChI is InChI=1S/C19H18F3N5O2/c20-19(21,22)18(26-27-18)14-6-4-11(5-7-14)9-15(23)17(29)25-10-12-2-1-3-13(8-12)16(24)28/h1-8,15H,9-10,23H2,(H2,24,28)(H,25,29). The molecule has 1 aliphatic rings. The third kappa shape index (κ3) is 4.43. The van der Waals surface area contributed by atoms with Crippen molar-refractivity contribution in [2.75, 3.05) is 0 Å². The Kier molecular flexibility index (Phi) is 5.38. The summed E-state index contributed by atoms with van der Waals surface area (Å²) in [6, 6.07) is 11.1. The van der Waals surface area contributed by atoms with Gasteiger partial charge in [-0.05, 0) is 29.7 Å². The van der Waals surface area contributed by atoms with Gasteiger partial charge in [0.15, 0.2) is 0 Å². The van der Waals surface area contributed by atoms with Crippen LogP contribution in [0, 0.1) is 0 Å². The number of carbonyl (C=O) groups excluding carboxylic acids is 2. The molecule has 1 heterocycles. The van der Waals surface area contributed by atoms with E-state index in [-0.39, 0.29) is 18.5 Å². The summed E-state index contributed by atoms with van der Waals surface area (Å²) in [7, 11) is 0. The van der Waals surface area contributed by atoms with E-state index >= 15 is 0 Å². The molecule has 29 heavy (non-hydrogen) atoms. The zero-order valence-electron chi connectivity index (χ0n) is 15.1. The predicted octanol–water partition coefficient (Wildman–Crippen LogP) is 2.15. The number of primary amides is 1. The molecule has 3 rings (SSSR count). The van der Waals surface area contributed by atoms with Crippen molar-refractivity contribution in [3.63, 3.8) is 0 Å². The molecule has 0 bridgehead atoms. The lowest BCUT2D eigenvalue weighted by molar-refractivity contribution is -0.166. The second-order valence-electron chi connectivity index (χ2n) is 6.66. The van der Waals surface area contributed by atoms with Crippen molar-refractivity contribution >= 4 is 11.8 Å². The summed E-state index contributed by atoms with van der Waals surface area (Å²) in [6.45, 7) is 0.156. The van der Waals surface area contributed by atoms with Crippen LogP contribution in [0.25, 0.3) is 0 Å². The molecule has 10 heteroatoms. The third-order valence-electron chi connectivity index (χ3n) is 4.52. The molecule has 0 aliphatic carbocycles. The monoisotopic (exact) mass is 405 g/mol. The lowest BCUT2D eigenvalue weighted by Crippen LogP contribution is -2.41. The van der Waals surface area contributed by atoms with Crippen molar-refractivity contribution in [3.8, 4) is 0 Å². The Morgan fingerprint density at radius 3 is 2.28 bits per heavy atom. The first kappa shape index (κ1) is 20.5. The van der Waals surface area contributed by atoms with Crippen molar-refractivity contribution in [2.45, 2.75) is 30.8 Å². The highest BCUT2D eigenvalue weighted by Crippen LogP contribution is 2.52. The Morgan fingerprint density at radius 1 is 1.07 bits per heavy atom. The lowest BCUT2D eigenvalue weighted by atomic mass is 9.98. The van der Waals surface area contributed by atoms with Crippen LogP contribution in [0.5, 0.6) is 0 Å². The van der Waals surface area contributed by atoms with Gasteiger partial charge in [0.1, 0.15) is 0 Å². The SMILES string of the molecule is NC(=O)c1cccc(CNC(=O)C(N)Cc2ccc(C3(C(F)(F)F)N=N3)cc2)c1. The van der Waals surface area contributed by atoms with Gasteiger partial charge in [-0.15, -0.1) is 10.2 Å². The topological polar surface area (TPSA) is 123 Å². The second kappa shape index (κ2) is 7.63. The third-order valence-corrected chi connectivity index (χ3v) is 4.52. The number of hydrogen-bond acceptors (Lipinski definition) is 5. The van der Waals surface area contributed by atoms with Crippen molar-refractivity contribution in [2.24, 2.45) is 21.7 Å². The van der Waals surface area contributed by atoms with Crippen LogP contribution in [0.1, 0.15) is 27.0 Å². The average molecular weight is 405 g/mol. The summed E-state index contributed by atoms with van der Waals surface area (Å²) in [6.07, 6.45) is -4.45. The molecule has 0 saturated heterocycles. The van der Waals surface area contributed by atoms with E-state index < -0.39 is 29.7 Å². The molecule has 2 aromatic carbocycles. The van der Waals surface area contributed by atoms with Gasteiger partial charge in [-0.25, -0.2) is 0 Å². The van der Waals surface area contributed by atoms with Crippen LogP contribution in [0.2, 0.25) is 0 Å². The summed E-state index contributed by atoms with van der Waals surface area (Å²) in [5, 5.41) is 8.95. The van der Waals surface area contributed by atoms with E-state index in [1.54, 1.807) is 24.3 Å². The molecule has 2 aromatic rings. The van der Waals surface area contributed by atoms with E-state index in [2.05, 4.69) is 15.5 Å². The fourth-order valence-corrected chi connectivity index (χ4v) is 2.82. The summed E-state index contributed by atoms with van der Waals surface area (Å²) in [5.41, 5.74) is 10.2. The van der Waals surface area contributed by atoms with Gasteiger partial charge in [-0.1, -0.05) is 36.4 Å². The maximum atomic E-state index is 13.0. The molecule has 0 aromatic heterocycles. The zero-order valence-corrected chi connectivity index (χ0v) is 15.1. The number of amides is 2. The van der Waals surface area contributed by atoms with Gasteiger partial charge in [0.2, 0.25) is 11.8 Å². The van der Waals surface area contributed by atoms with Gasteiger partial charge in [0, 0.05) is 17.7 Å². The Hall–Kier alpha value is -3.27. The van der Waals surface area contributed by atoms with E-state index in [4.69, 9.17) is 11.5 Å². The van der Waals surface area contributed by atoms with Gasteiger partial charge in [-0.3, -0.25) is 9.59 Å². The Balaban J connectivity index is 1.56. The van der Waals surface area contributed by atoms with Crippen molar-refractivity contribution < 1.29 is 22.8 Å². The quantitative estimate of drug-likeness (QED) is 0.654. The maximum absolute atomic E-state index is 13.0. The fourth-order valence-electron chi connectivity index (χ4n) is 2.82. The highest BCUT2D eigenvalue weighted by Gasteiger charge is 2.65. The molecule has 0 radical (unpaired) electrons. The predicted molar refractivity (Wildman–Crippen MR) is 97.5 cm³/mol. The summed E-state index contributed by atoms with van der Waals surface area (Å²) in [5.74, 6) is -1.00. The van der Waals surface area contributed by atoms with Crippen LogP contribution in [0.15, 0.2) is 58.8 Å². The van der Waals surface area contributed by atoms with Gasteiger partial charge in [0.05, 0.1) is 6.04 Å². The number of nitrogens with two attached hydrogens (primary N) is 2. The smallest absolute Gasteiger partial charge is 0.366 e. The summed E-state index contributed by atoms with van der Waals surface area (Å²) in [4.78, 5) is 23.4. The van der Waals surface area contributed by atoms with Gasteiger partial charge in [0.25, 0.3) is 0 Å². The van der Waals surface area contributed by atoms with Crippen LogP contribution in [-0.2, 0) is 23.4 Å². The number of carbonyl (C=O) groups is 2. The van der Waals surface area contributed by atoms with E-state index in [0.29, 0.717) is 16.7 Å². The molecule has 152 valence electrons. The van der Waals surface area contributed by atoms with Crippen LogP contribution in [0.3, 0.4) is 0 Å². The first-order valence-electron chi connectivity index (χ1n) is 8.64. The molecular formula is C19H18F3N5O2. The largest absolute Gasteiger partial charge is 0.442 e. The number of nitrogens with zero attached hydrogens (tertiary/aromatic N) is 2. The molecule has 1 atom stereocenters. The van der Waals surface area contributed by atoms with E-state index in [0.717, 1.165) is 0 Å². The zero-order chi connectivity index (χ0) is 21.2. The molecule has 7 nitrogen and oxygen atoms in total. The van der Waals surface area contributed by atoms with Crippen molar-refractivity contribution in [1.82, 2.24) is 5.32 Å². The number of halogens is 3. The minimum Gasteiger partial charge on any atom is -0.366 e. The van der Waals surface area contributed by atoms with Crippen LogP contribution < -0.4 is 16.8 Å². The second-order valence-corrected chi connectivity index (χ2v) is 6.66. The first-order chi connectivity index (χ1) is 13.6. The highest BCUT2D eigenvalue weighted by atomic mass is 19.4. The Bertz CT molecular complexity index is 951. The minimum absolute atomic E-state index is 0.0823. The first-order valence-corrected chi connectivity index (χ1v) is 8.64. The molecule has 0 fully saturated rings. The van der Waals surface area contributed by atoms with Crippen LogP contribution >= 0.6 is 0 Å². The number of benzene rings is 2. The van der Waals surface area contributed by atoms with Gasteiger partial charge in [-0.2, -0.15) is 13.2 Å². The van der Waals surface area contributed by atoms with E-state index in [1.165, 1.54) is 24.3 Å². The minimum atomic E-state index is -4.59. The van der Waals surface area contributed by atoms with Gasteiger partial charge < -0.3 is 16.8 Å². The summed E-state index contributed by atoms with van der Waals surface area (Å²) >= 11 is 0. The Morgan fingerprint density at radius 2 is 1.72 bits per heavy atom. The van der Waals surface area contributed by atoms with E-state index in [1.807, 2.05) is 0 Å². The molecule has 0 saturated carbocycles. The number of alkyl halides is 3. The van der Waals surface area contributed by atoms with E-state index in [9.17, 15) is 22.8 Å². The van der Waals surface area contributed by atoms with Crippen LogP contribution in [0.4, 0.5) is 13.2 Å².